The largest absolute Gasteiger partial charge is 0.486 e. The minimum Gasteiger partial charge on any atom is -0.486 e. The van der Waals surface area contributed by atoms with Gasteiger partial charge in [-0.05, 0) is 29.3 Å². The predicted octanol–water partition coefficient (Wildman–Crippen LogP) is 3.90. The first kappa shape index (κ1) is 21.5. The Kier molecular flexibility index (Phi) is 7.19. The number of halogens is 1. The van der Waals surface area contributed by atoms with Crippen molar-refractivity contribution in [3.8, 4) is 5.75 Å². The van der Waals surface area contributed by atoms with Crippen LogP contribution in [-0.2, 0) is 30.4 Å². The van der Waals surface area contributed by atoms with Crippen LogP contribution >= 0.6 is 0 Å². The van der Waals surface area contributed by atoms with E-state index in [2.05, 4.69) is 0 Å². The van der Waals surface area contributed by atoms with Crippen LogP contribution in [0.5, 0.6) is 5.75 Å². The summed E-state index contributed by atoms with van der Waals surface area (Å²) >= 11 is 0. The van der Waals surface area contributed by atoms with Gasteiger partial charge in [0.25, 0.3) is 0 Å². The van der Waals surface area contributed by atoms with Gasteiger partial charge in [-0.3, -0.25) is 9.59 Å². The van der Waals surface area contributed by atoms with Crippen molar-refractivity contribution in [1.82, 2.24) is 0 Å². The number of ether oxygens (including phenoxy) is 4. The Bertz CT molecular complexity index is 911. The summed E-state index contributed by atoms with van der Waals surface area (Å²) in [6, 6.07) is 14.1. The van der Waals surface area contributed by atoms with Crippen LogP contribution in [0.15, 0.2) is 60.7 Å². The summed E-state index contributed by atoms with van der Waals surface area (Å²) in [5, 5.41) is 0. The molecule has 3 rings (SSSR count). The van der Waals surface area contributed by atoms with E-state index in [-0.39, 0.29) is 19.0 Å². The van der Waals surface area contributed by atoms with E-state index < -0.39 is 36.1 Å². The fourth-order valence-electron chi connectivity index (χ4n) is 3.02. The normalized spacial score (nSPS) is 20.4. The summed E-state index contributed by atoms with van der Waals surface area (Å²) in [5.74, 6) is -1.33. The molecule has 1 heterocycles. The standard InChI is InChI=1S/C23H23FO6/c1-15(25)27-14-23-22(29-16(2)26)11-10-20(30-23)18-8-9-21(19(24)12-18)28-13-17-6-4-3-5-7-17/h3-12,20,22-23H,13-14H2,1-2H3/t20-,22-,23+/m0/s1. The molecule has 0 saturated carbocycles. The maximum absolute atomic E-state index is 14.6. The van der Waals surface area contributed by atoms with Crippen LogP contribution in [-0.4, -0.2) is 30.8 Å². The third-order valence-electron chi connectivity index (χ3n) is 4.44. The molecule has 0 amide bonds. The zero-order valence-corrected chi connectivity index (χ0v) is 16.7. The lowest BCUT2D eigenvalue weighted by Crippen LogP contribution is -2.39. The predicted molar refractivity (Wildman–Crippen MR) is 106 cm³/mol. The monoisotopic (exact) mass is 414 g/mol. The van der Waals surface area contributed by atoms with Gasteiger partial charge in [0, 0.05) is 13.8 Å². The van der Waals surface area contributed by atoms with Gasteiger partial charge in [0.15, 0.2) is 11.6 Å². The Morgan fingerprint density at radius 3 is 2.47 bits per heavy atom. The third kappa shape index (κ3) is 5.90. The number of hydrogen-bond donors (Lipinski definition) is 0. The molecule has 0 aromatic heterocycles. The molecule has 0 radical (unpaired) electrons. The van der Waals surface area contributed by atoms with E-state index >= 15 is 0 Å². The highest BCUT2D eigenvalue weighted by molar-refractivity contribution is 5.67. The van der Waals surface area contributed by atoms with E-state index in [0.29, 0.717) is 5.56 Å². The Morgan fingerprint density at radius 1 is 1.03 bits per heavy atom. The van der Waals surface area contributed by atoms with E-state index in [0.717, 1.165) is 5.56 Å². The van der Waals surface area contributed by atoms with Crippen LogP contribution in [0.4, 0.5) is 4.39 Å². The molecule has 2 aromatic rings. The van der Waals surface area contributed by atoms with E-state index in [9.17, 15) is 14.0 Å². The third-order valence-corrected chi connectivity index (χ3v) is 4.44. The number of carbonyl (C=O) groups excluding carboxylic acids is 2. The lowest BCUT2D eigenvalue weighted by molar-refractivity contribution is -0.163. The second kappa shape index (κ2) is 10.0. The highest BCUT2D eigenvalue weighted by Crippen LogP contribution is 2.30. The first-order chi connectivity index (χ1) is 14.4. The topological polar surface area (TPSA) is 71.1 Å². The average Bonchev–Trinajstić information content (AvgIpc) is 2.72. The number of rotatable bonds is 7. The zero-order valence-electron chi connectivity index (χ0n) is 16.7. The van der Waals surface area contributed by atoms with E-state index in [1.165, 1.54) is 19.9 Å². The molecule has 3 atom stereocenters. The van der Waals surface area contributed by atoms with Crippen LogP contribution in [0, 0.1) is 5.82 Å². The Labute approximate surface area is 174 Å². The van der Waals surface area contributed by atoms with Gasteiger partial charge >= 0.3 is 11.9 Å². The van der Waals surface area contributed by atoms with Gasteiger partial charge in [-0.1, -0.05) is 42.5 Å². The zero-order chi connectivity index (χ0) is 21.5. The quantitative estimate of drug-likeness (QED) is 0.506. The van der Waals surface area contributed by atoms with Gasteiger partial charge in [-0.15, -0.1) is 0 Å². The summed E-state index contributed by atoms with van der Waals surface area (Å²) in [5.41, 5.74) is 1.49. The number of benzene rings is 2. The smallest absolute Gasteiger partial charge is 0.303 e. The van der Waals surface area contributed by atoms with Crippen LogP contribution in [0.3, 0.4) is 0 Å². The van der Waals surface area contributed by atoms with Crippen molar-refractivity contribution in [1.29, 1.82) is 0 Å². The Balaban J connectivity index is 1.70. The molecule has 0 aliphatic carbocycles. The highest BCUT2D eigenvalue weighted by atomic mass is 19.1. The van der Waals surface area contributed by atoms with Gasteiger partial charge in [0.1, 0.15) is 31.5 Å². The number of esters is 2. The second-order valence-corrected chi connectivity index (χ2v) is 6.82. The van der Waals surface area contributed by atoms with Gasteiger partial charge in [-0.2, -0.15) is 0 Å². The first-order valence-electron chi connectivity index (χ1n) is 9.53. The fourth-order valence-corrected chi connectivity index (χ4v) is 3.02. The fraction of sp³-hybridized carbons (Fsp3) is 0.304. The minimum atomic E-state index is -0.704. The highest BCUT2D eigenvalue weighted by Gasteiger charge is 2.31. The van der Waals surface area contributed by atoms with Crippen molar-refractivity contribution >= 4 is 11.9 Å². The van der Waals surface area contributed by atoms with Gasteiger partial charge in [0.05, 0.1) is 0 Å². The van der Waals surface area contributed by atoms with Crippen molar-refractivity contribution in [3.63, 3.8) is 0 Å². The Morgan fingerprint density at radius 2 is 1.80 bits per heavy atom. The molecular weight excluding hydrogens is 391 g/mol. The van der Waals surface area contributed by atoms with Crippen LogP contribution in [0.1, 0.15) is 31.1 Å². The molecule has 0 unspecified atom stereocenters. The van der Waals surface area contributed by atoms with Crippen molar-refractivity contribution in [2.45, 2.75) is 38.8 Å². The lowest BCUT2D eigenvalue weighted by Gasteiger charge is -2.31. The van der Waals surface area contributed by atoms with Crippen molar-refractivity contribution in [2.75, 3.05) is 6.61 Å². The molecule has 158 valence electrons. The Hall–Kier alpha value is -3.19. The molecule has 0 spiro atoms. The van der Waals surface area contributed by atoms with E-state index in [1.54, 1.807) is 24.3 Å². The summed E-state index contributed by atoms with van der Waals surface area (Å²) in [4.78, 5) is 22.5. The minimum absolute atomic E-state index is 0.0884. The number of carbonyl (C=O) groups is 2. The molecule has 0 saturated heterocycles. The molecular formula is C23H23FO6. The van der Waals surface area contributed by atoms with E-state index in [4.69, 9.17) is 18.9 Å². The second-order valence-electron chi connectivity index (χ2n) is 6.82. The molecule has 0 N–H and O–H groups in total. The first-order valence-corrected chi connectivity index (χ1v) is 9.53. The average molecular weight is 414 g/mol. The van der Waals surface area contributed by atoms with Gasteiger partial charge in [0.2, 0.25) is 0 Å². The molecule has 1 aliphatic heterocycles. The lowest BCUT2D eigenvalue weighted by atomic mass is 10.0. The maximum atomic E-state index is 14.6. The molecule has 30 heavy (non-hydrogen) atoms. The van der Waals surface area contributed by atoms with Gasteiger partial charge < -0.3 is 18.9 Å². The molecule has 7 heteroatoms. The van der Waals surface area contributed by atoms with Crippen LogP contribution in [0.25, 0.3) is 0 Å². The summed E-state index contributed by atoms with van der Waals surface area (Å²) < 4.78 is 36.3. The van der Waals surface area contributed by atoms with Crippen molar-refractivity contribution < 1.29 is 32.9 Å². The molecule has 0 bridgehead atoms. The van der Waals surface area contributed by atoms with Crippen LogP contribution < -0.4 is 4.74 Å². The molecule has 6 nitrogen and oxygen atoms in total. The summed E-state index contributed by atoms with van der Waals surface area (Å²) in [7, 11) is 0. The molecule has 2 aromatic carbocycles. The van der Waals surface area contributed by atoms with Crippen LogP contribution in [0.2, 0.25) is 0 Å². The molecule has 1 aliphatic rings. The summed E-state index contributed by atoms with van der Waals surface area (Å²) in [6.45, 7) is 2.73. The summed E-state index contributed by atoms with van der Waals surface area (Å²) in [6.07, 6.45) is 1.34. The van der Waals surface area contributed by atoms with Crippen molar-refractivity contribution in [2.24, 2.45) is 0 Å². The van der Waals surface area contributed by atoms with Crippen molar-refractivity contribution in [3.05, 3.63) is 77.6 Å². The maximum Gasteiger partial charge on any atom is 0.303 e. The van der Waals surface area contributed by atoms with E-state index in [1.807, 2.05) is 30.3 Å². The SMILES string of the molecule is CC(=O)OC[C@H]1O[C@H](c2ccc(OCc3ccccc3)c(F)c2)C=C[C@@H]1OC(C)=O. The van der Waals surface area contributed by atoms with Gasteiger partial charge in [-0.25, -0.2) is 4.39 Å². The number of hydrogen-bond acceptors (Lipinski definition) is 6. The molecule has 0 fully saturated rings.